The summed E-state index contributed by atoms with van der Waals surface area (Å²) in [7, 11) is 1.78. The molecular weight excluding hydrogens is 282 g/mol. The summed E-state index contributed by atoms with van der Waals surface area (Å²) in [5.74, 6) is 0.846. The molecule has 0 aliphatic heterocycles. The van der Waals surface area contributed by atoms with Crippen LogP contribution in [0.15, 0.2) is 0 Å². The van der Waals surface area contributed by atoms with Crippen LogP contribution in [0.1, 0.15) is 43.2 Å². The quantitative estimate of drug-likeness (QED) is 0.761. The average Bonchev–Trinajstić information content (AvgIpc) is 3.36. The Morgan fingerprint density at radius 2 is 2.14 bits per heavy atom. The Labute approximate surface area is 131 Å². The molecule has 2 aliphatic carbocycles. The molecule has 1 N–H and O–H groups in total. The first-order valence-electron chi connectivity index (χ1n) is 8.14. The Morgan fingerprint density at radius 3 is 2.76 bits per heavy atom. The van der Waals surface area contributed by atoms with Crippen molar-refractivity contribution in [3.05, 3.63) is 10.6 Å². The standard InChI is InChI=1S/C16H27N3OS/c1-11-15(10-17-14-6-7-14)21-16(18-11)19(8-9-20-3)12(2)13-4-5-13/h12-14,17H,4-10H2,1-3H3. The van der Waals surface area contributed by atoms with Crippen molar-refractivity contribution in [3.8, 4) is 0 Å². The summed E-state index contributed by atoms with van der Waals surface area (Å²) in [6.45, 7) is 7.17. The number of aromatic nitrogens is 1. The molecule has 2 saturated carbocycles. The molecule has 21 heavy (non-hydrogen) atoms. The molecule has 0 radical (unpaired) electrons. The average molecular weight is 309 g/mol. The van der Waals surface area contributed by atoms with E-state index in [1.54, 1.807) is 7.11 Å². The van der Waals surface area contributed by atoms with Crippen molar-refractivity contribution in [2.75, 3.05) is 25.2 Å². The predicted octanol–water partition coefficient (Wildman–Crippen LogP) is 2.95. The van der Waals surface area contributed by atoms with Gasteiger partial charge in [-0.15, -0.1) is 11.3 Å². The SMILES string of the molecule is COCCN(c1nc(C)c(CNC2CC2)s1)C(C)C1CC1. The largest absolute Gasteiger partial charge is 0.383 e. The third-order valence-electron chi connectivity index (χ3n) is 4.59. The number of thiazole rings is 1. The molecule has 0 bridgehead atoms. The highest BCUT2D eigenvalue weighted by Crippen LogP contribution is 2.38. The molecule has 2 fully saturated rings. The zero-order chi connectivity index (χ0) is 14.8. The van der Waals surface area contributed by atoms with Crippen molar-refractivity contribution >= 4 is 16.5 Å². The van der Waals surface area contributed by atoms with E-state index in [1.165, 1.54) is 41.4 Å². The van der Waals surface area contributed by atoms with E-state index in [1.807, 2.05) is 11.3 Å². The van der Waals surface area contributed by atoms with Crippen molar-refractivity contribution in [1.29, 1.82) is 0 Å². The van der Waals surface area contributed by atoms with Crippen LogP contribution >= 0.6 is 11.3 Å². The Hall–Kier alpha value is -0.650. The first-order valence-corrected chi connectivity index (χ1v) is 8.96. The first kappa shape index (κ1) is 15.3. The summed E-state index contributed by atoms with van der Waals surface area (Å²) in [6.07, 6.45) is 5.41. The van der Waals surface area contributed by atoms with E-state index in [2.05, 4.69) is 24.1 Å². The number of ether oxygens (including phenoxy) is 1. The minimum atomic E-state index is 0.579. The number of hydrogen-bond donors (Lipinski definition) is 1. The van der Waals surface area contributed by atoms with Gasteiger partial charge in [0, 0.05) is 37.2 Å². The molecule has 0 aromatic carbocycles. The van der Waals surface area contributed by atoms with Crippen LogP contribution in [0, 0.1) is 12.8 Å². The minimum absolute atomic E-state index is 0.579. The molecule has 0 spiro atoms. The summed E-state index contributed by atoms with van der Waals surface area (Å²) in [4.78, 5) is 8.69. The van der Waals surface area contributed by atoms with E-state index >= 15 is 0 Å². The van der Waals surface area contributed by atoms with Gasteiger partial charge in [0.15, 0.2) is 5.13 Å². The zero-order valence-electron chi connectivity index (χ0n) is 13.4. The van der Waals surface area contributed by atoms with Crippen LogP contribution in [0.2, 0.25) is 0 Å². The zero-order valence-corrected chi connectivity index (χ0v) is 14.2. The highest BCUT2D eigenvalue weighted by atomic mass is 32.1. The number of rotatable bonds is 9. The smallest absolute Gasteiger partial charge is 0.186 e. The molecule has 1 aromatic rings. The van der Waals surface area contributed by atoms with Crippen molar-refractivity contribution < 1.29 is 4.74 Å². The number of methoxy groups -OCH3 is 1. The van der Waals surface area contributed by atoms with E-state index in [0.717, 1.165) is 31.7 Å². The maximum absolute atomic E-state index is 5.29. The van der Waals surface area contributed by atoms with Gasteiger partial charge in [0.25, 0.3) is 0 Å². The van der Waals surface area contributed by atoms with E-state index in [0.29, 0.717) is 6.04 Å². The molecule has 0 amide bonds. The predicted molar refractivity (Wildman–Crippen MR) is 88.1 cm³/mol. The lowest BCUT2D eigenvalue weighted by atomic mass is 10.2. The van der Waals surface area contributed by atoms with E-state index in [4.69, 9.17) is 9.72 Å². The van der Waals surface area contributed by atoms with E-state index < -0.39 is 0 Å². The third-order valence-corrected chi connectivity index (χ3v) is 5.78. The van der Waals surface area contributed by atoms with Crippen molar-refractivity contribution in [2.24, 2.45) is 5.92 Å². The molecular formula is C16H27N3OS. The molecule has 5 heteroatoms. The molecule has 4 nitrogen and oxygen atoms in total. The van der Waals surface area contributed by atoms with Gasteiger partial charge in [-0.1, -0.05) is 0 Å². The lowest BCUT2D eigenvalue weighted by Crippen LogP contribution is -2.37. The Balaban J connectivity index is 1.69. The summed E-state index contributed by atoms with van der Waals surface area (Å²) < 4.78 is 5.29. The fourth-order valence-electron chi connectivity index (χ4n) is 2.72. The molecule has 1 heterocycles. The topological polar surface area (TPSA) is 37.4 Å². The van der Waals surface area contributed by atoms with Gasteiger partial charge in [0.05, 0.1) is 12.3 Å². The molecule has 2 aliphatic rings. The second kappa shape index (κ2) is 6.63. The number of nitrogens with one attached hydrogen (secondary N) is 1. The first-order chi connectivity index (χ1) is 10.2. The van der Waals surface area contributed by atoms with Crippen LogP contribution in [0.5, 0.6) is 0 Å². The fourth-order valence-corrected chi connectivity index (χ4v) is 3.85. The molecule has 3 rings (SSSR count). The van der Waals surface area contributed by atoms with Crippen LogP contribution in [0.4, 0.5) is 5.13 Å². The van der Waals surface area contributed by atoms with Crippen LogP contribution < -0.4 is 10.2 Å². The molecule has 1 unspecified atom stereocenters. The van der Waals surface area contributed by atoms with Gasteiger partial charge in [-0.05, 0) is 45.4 Å². The van der Waals surface area contributed by atoms with E-state index in [9.17, 15) is 0 Å². The minimum Gasteiger partial charge on any atom is -0.383 e. The summed E-state index contributed by atoms with van der Waals surface area (Å²) in [5.41, 5.74) is 1.19. The second-order valence-electron chi connectivity index (χ2n) is 6.42. The monoisotopic (exact) mass is 309 g/mol. The fraction of sp³-hybridized carbons (Fsp3) is 0.812. The Bertz CT molecular complexity index is 468. The van der Waals surface area contributed by atoms with Gasteiger partial charge in [-0.2, -0.15) is 0 Å². The van der Waals surface area contributed by atoms with Gasteiger partial charge in [0.2, 0.25) is 0 Å². The molecule has 118 valence electrons. The summed E-state index contributed by atoms with van der Waals surface area (Å²) in [5, 5.41) is 4.78. The lowest BCUT2D eigenvalue weighted by Gasteiger charge is -2.28. The van der Waals surface area contributed by atoms with Crippen LogP contribution in [-0.2, 0) is 11.3 Å². The number of aryl methyl sites for hydroxylation is 1. The lowest BCUT2D eigenvalue weighted by molar-refractivity contribution is 0.202. The van der Waals surface area contributed by atoms with Crippen LogP contribution in [-0.4, -0.2) is 37.3 Å². The highest BCUT2D eigenvalue weighted by molar-refractivity contribution is 7.15. The van der Waals surface area contributed by atoms with Crippen molar-refractivity contribution in [3.63, 3.8) is 0 Å². The van der Waals surface area contributed by atoms with Gasteiger partial charge in [-0.25, -0.2) is 4.98 Å². The number of hydrogen-bond acceptors (Lipinski definition) is 5. The third kappa shape index (κ3) is 3.96. The Kier molecular flexibility index (Phi) is 4.82. The van der Waals surface area contributed by atoms with E-state index in [-0.39, 0.29) is 0 Å². The van der Waals surface area contributed by atoms with Gasteiger partial charge in [0.1, 0.15) is 0 Å². The highest BCUT2D eigenvalue weighted by Gasteiger charge is 2.33. The van der Waals surface area contributed by atoms with Gasteiger partial charge in [-0.3, -0.25) is 0 Å². The summed E-state index contributed by atoms with van der Waals surface area (Å²) >= 11 is 1.86. The maximum atomic E-state index is 5.29. The normalized spacial score (nSPS) is 19.8. The van der Waals surface area contributed by atoms with Crippen LogP contribution in [0.25, 0.3) is 0 Å². The molecule has 0 saturated heterocycles. The van der Waals surface area contributed by atoms with Crippen LogP contribution in [0.3, 0.4) is 0 Å². The maximum Gasteiger partial charge on any atom is 0.186 e. The summed E-state index contributed by atoms with van der Waals surface area (Å²) in [6, 6.07) is 1.33. The molecule has 1 aromatic heterocycles. The number of anilines is 1. The number of nitrogens with zero attached hydrogens (tertiary/aromatic N) is 2. The second-order valence-corrected chi connectivity index (χ2v) is 7.49. The van der Waals surface area contributed by atoms with Crippen molar-refractivity contribution in [1.82, 2.24) is 10.3 Å². The van der Waals surface area contributed by atoms with Gasteiger partial charge < -0.3 is 15.0 Å². The Morgan fingerprint density at radius 1 is 1.38 bits per heavy atom. The van der Waals surface area contributed by atoms with Gasteiger partial charge >= 0.3 is 0 Å². The van der Waals surface area contributed by atoms with Crippen molar-refractivity contribution in [2.45, 2.75) is 58.2 Å². The molecule has 1 atom stereocenters.